The number of rotatable bonds is 1. The maximum Gasteiger partial charge on any atom is 0.123 e. The van der Waals surface area contributed by atoms with Crippen LogP contribution in [-0.2, 0) is 12.8 Å². The Morgan fingerprint density at radius 3 is 3.00 bits per heavy atom. The van der Waals surface area contributed by atoms with Crippen LogP contribution in [0.3, 0.4) is 0 Å². The second-order valence-electron chi connectivity index (χ2n) is 4.64. The number of benzene rings is 1. The van der Waals surface area contributed by atoms with Crippen molar-refractivity contribution in [2.45, 2.75) is 38.7 Å². The van der Waals surface area contributed by atoms with Crippen molar-refractivity contribution in [3.05, 3.63) is 29.3 Å². The van der Waals surface area contributed by atoms with Gasteiger partial charge in [-0.2, -0.15) is 5.26 Å². The Morgan fingerprint density at radius 2 is 2.27 bits per heavy atom. The van der Waals surface area contributed by atoms with Gasteiger partial charge in [0.15, 0.2) is 0 Å². The average Bonchev–Trinajstić information content (AvgIpc) is 2.16. The lowest BCUT2D eigenvalue weighted by Crippen LogP contribution is -2.32. The predicted octanol–water partition coefficient (Wildman–Crippen LogP) is 2.86. The summed E-state index contributed by atoms with van der Waals surface area (Å²) in [6.07, 6.45) is 2.57. The highest BCUT2D eigenvalue weighted by Gasteiger charge is 2.26. The van der Waals surface area contributed by atoms with Crippen molar-refractivity contribution in [1.29, 1.82) is 5.26 Å². The van der Waals surface area contributed by atoms with Crippen LogP contribution < -0.4 is 4.74 Å². The van der Waals surface area contributed by atoms with E-state index in [0.717, 1.165) is 24.2 Å². The number of hydrogen-bond donors (Lipinski definition) is 0. The first kappa shape index (κ1) is 10.0. The fourth-order valence-corrected chi connectivity index (χ4v) is 1.89. The average molecular weight is 201 g/mol. The summed E-state index contributed by atoms with van der Waals surface area (Å²) in [5.41, 5.74) is 2.23. The van der Waals surface area contributed by atoms with Crippen LogP contribution in [0, 0.1) is 11.3 Å². The number of ether oxygens (including phenoxy) is 1. The molecule has 0 amide bonds. The molecule has 2 rings (SSSR count). The van der Waals surface area contributed by atoms with Crippen molar-refractivity contribution in [2.75, 3.05) is 0 Å². The van der Waals surface area contributed by atoms with Crippen molar-refractivity contribution >= 4 is 0 Å². The van der Waals surface area contributed by atoms with Gasteiger partial charge in [-0.3, -0.25) is 0 Å². The number of hydrogen-bond acceptors (Lipinski definition) is 2. The fraction of sp³-hybridized carbons (Fsp3) is 0.462. The molecule has 1 heterocycles. The van der Waals surface area contributed by atoms with Crippen LogP contribution in [0.4, 0.5) is 0 Å². The Kier molecular flexibility index (Phi) is 2.40. The van der Waals surface area contributed by atoms with Crippen LogP contribution in [-0.4, -0.2) is 5.60 Å². The molecule has 1 aromatic rings. The third-order valence-corrected chi connectivity index (χ3v) is 2.80. The van der Waals surface area contributed by atoms with E-state index in [0.29, 0.717) is 6.42 Å². The lowest BCUT2D eigenvalue weighted by atomic mass is 9.93. The first-order chi connectivity index (χ1) is 7.11. The quantitative estimate of drug-likeness (QED) is 0.700. The van der Waals surface area contributed by atoms with Crippen molar-refractivity contribution < 1.29 is 4.74 Å². The van der Waals surface area contributed by atoms with E-state index in [1.54, 1.807) is 0 Å². The molecule has 2 nitrogen and oxygen atoms in total. The molecule has 0 saturated carbocycles. The second kappa shape index (κ2) is 3.58. The van der Waals surface area contributed by atoms with Crippen LogP contribution in [0.5, 0.6) is 5.75 Å². The Bertz CT molecular complexity index is 415. The summed E-state index contributed by atoms with van der Waals surface area (Å²) in [5, 5.41) is 8.64. The highest BCUT2D eigenvalue weighted by molar-refractivity contribution is 5.40. The molecule has 78 valence electrons. The van der Waals surface area contributed by atoms with Gasteiger partial charge in [-0.05, 0) is 43.9 Å². The predicted molar refractivity (Wildman–Crippen MR) is 58.8 cm³/mol. The smallest absolute Gasteiger partial charge is 0.123 e. The molecule has 0 unspecified atom stereocenters. The molecule has 0 radical (unpaired) electrons. The van der Waals surface area contributed by atoms with E-state index in [9.17, 15) is 0 Å². The maximum atomic E-state index is 8.64. The molecule has 15 heavy (non-hydrogen) atoms. The minimum absolute atomic E-state index is 0.0712. The van der Waals surface area contributed by atoms with Gasteiger partial charge in [0, 0.05) is 0 Å². The molecule has 0 fully saturated rings. The van der Waals surface area contributed by atoms with Crippen molar-refractivity contribution in [3.8, 4) is 11.8 Å². The zero-order valence-electron chi connectivity index (χ0n) is 9.21. The molecule has 1 aromatic carbocycles. The van der Waals surface area contributed by atoms with Gasteiger partial charge >= 0.3 is 0 Å². The number of aryl methyl sites for hydroxylation is 1. The lowest BCUT2D eigenvalue weighted by molar-refractivity contribution is 0.0846. The van der Waals surface area contributed by atoms with Gasteiger partial charge in [-0.15, -0.1) is 0 Å². The van der Waals surface area contributed by atoms with Gasteiger partial charge in [-0.25, -0.2) is 0 Å². The SMILES string of the molecule is CC1(C)CCc2ccc(CC#N)cc2O1. The normalized spacial score (nSPS) is 17.4. The highest BCUT2D eigenvalue weighted by Crippen LogP contribution is 2.33. The van der Waals surface area contributed by atoms with E-state index in [1.165, 1.54) is 5.56 Å². The zero-order chi connectivity index (χ0) is 10.9. The Labute approximate surface area is 90.5 Å². The lowest BCUT2D eigenvalue weighted by Gasteiger charge is -2.32. The van der Waals surface area contributed by atoms with E-state index in [2.05, 4.69) is 26.0 Å². The molecule has 0 aliphatic carbocycles. The highest BCUT2D eigenvalue weighted by atomic mass is 16.5. The molecule has 1 aliphatic heterocycles. The fourth-order valence-electron chi connectivity index (χ4n) is 1.89. The molecule has 2 heteroatoms. The number of nitrogens with zero attached hydrogens (tertiary/aromatic N) is 1. The minimum Gasteiger partial charge on any atom is -0.488 e. The van der Waals surface area contributed by atoms with Crippen LogP contribution in [0.1, 0.15) is 31.4 Å². The summed E-state index contributed by atoms with van der Waals surface area (Å²) in [6, 6.07) is 8.25. The van der Waals surface area contributed by atoms with E-state index in [1.807, 2.05) is 12.1 Å². The summed E-state index contributed by atoms with van der Waals surface area (Å²) in [4.78, 5) is 0. The molecule has 0 saturated heterocycles. The van der Waals surface area contributed by atoms with E-state index in [-0.39, 0.29) is 5.60 Å². The van der Waals surface area contributed by atoms with Crippen LogP contribution in [0.25, 0.3) is 0 Å². The molecular weight excluding hydrogens is 186 g/mol. The molecule has 0 bridgehead atoms. The summed E-state index contributed by atoms with van der Waals surface area (Å²) in [5.74, 6) is 0.957. The van der Waals surface area contributed by atoms with Crippen LogP contribution in [0.15, 0.2) is 18.2 Å². The maximum absolute atomic E-state index is 8.64. The summed E-state index contributed by atoms with van der Waals surface area (Å²) >= 11 is 0. The summed E-state index contributed by atoms with van der Waals surface area (Å²) < 4.78 is 5.90. The van der Waals surface area contributed by atoms with Crippen molar-refractivity contribution in [1.82, 2.24) is 0 Å². The zero-order valence-corrected chi connectivity index (χ0v) is 9.21. The van der Waals surface area contributed by atoms with Crippen LogP contribution in [0.2, 0.25) is 0 Å². The Morgan fingerprint density at radius 1 is 1.47 bits per heavy atom. The van der Waals surface area contributed by atoms with Gasteiger partial charge in [0.1, 0.15) is 11.4 Å². The van der Waals surface area contributed by atoms with Crippen molar-refractivity contribution in [3.63, 3.8) is 0 Å². The van der Waals surface area contributed by atoms with E-state index in [4.69, 9.17) is 10.00 Å². The largest absolute Gasteiger partial charge is 0.488 e. The summed E-state index contributed by atoms with van der Waals surface area (Å²) in [6.45, 7) is 4.21. The van der Waals surface area contributed by atoms with Gasteiger partial charge < -0.3 is 4.74 Å². The monoisotopic (exact) mass is 201 g/mol. The van der Waals surface area contributed by atoms with E-state index < -0.39 is 0 Å². The number of fused-ring (bicyclic) bond motifs is 1. The summed E-state index contributed by atoms with van der Waals surface area (Å²) in [7, 11) is 0. The first-order valence-corrected chi connectivity index (χ1v) is 5.28. The Hall–Kier alpha value is -1.49. The molecular formula is C13H15NO. The molecule has 0 aromatic heterocycles. The standard InChI is InChI=1S/C13H15NO/c1-13(2)7-5-11-4-3-10(6-8-14)9-12(11)15-13/h3-4,9H,5-7H2,1-2H3. The second-order valence-corrected chi connectivity index (χ2v) is 4.64. The minimum atomic E-state index is -0.0712. The van der Waals surface area contributed by atoms with Gasteiger partial charge in [-0.1, -0.05) is 12.1 Å². The van der Waals surface area contributed by atoms with Crippen LogP contribution >= 0.6 is 0 Å². The van der Waals surface area contributed by atoms with E-state index >= 15 is 0 Å². The number of nitriles is 1. The van der Waals surface area contributed by atoms with Gasteiger partial charge in [0.2, 0.25) is 0 Å². The van der Waals surface area contributed by atoms with Gasteiger partial charge in [0.05, 0.1) is 12.5 Å². The van der Waals surface area contributed by atoms with Crippen molar-refractivity contribution in [2.24, 2.45) is 0 Å². The first-order valence-electron chi connectivity index (χ1n) is 5.28. The molecule has 0 spiro atoms. The topological polar surface area (TPSA) is 33.0 Å². The van der Waals surface area contributed by atoms with Gasteiger partial charge in [0.25, 0.3) is 0 Å². The molecule has 0 atom stereocenters. The Balaban J connectivity index is 2.32. The molecule has 0 N–H and O–H groups in total. The third kappa shape index (κ3) is 2.12. The molecule has 1 aliphatic rings. The third-order valence-electron chi connectivity index (χ3n) is 2.80.